The number of aromatic nitrogens is 4. The molecule has 0 aliphatic carbocycles. The molecule has 134 valence electrons. The predicted molar refractivity (Wildman–Crippen MR) is 90.7 cm³/mol. The highest BCUT2D eigenvalue weighted by atomic mass is 35.5. The van der Waals surface area contributed by atoms with Gasteiger partial charge in [0.2, 0.25) is 0 Å². The maximum atomic E-state index is 12.3. The van der Waals surface area contributed by atoms with Gasteiger partial charge in [0.05, 0.1) is 32.2 Å². The normalized spacial score (nSPS) is 17.0. The average Bonchev–Trinajstić information content (AvgIpc) is 2.95. The van der Waals surface area contributed by atoms with Crippen LogP contribution in [0, 0.1) is 0 Å². The Hall–Kier alpha value is -1.68. The van der Waals surface area contributed by atoms with Crippen LogP contribution in [0.2, 0.25) is 0 Å². The highest BCUT2D eigenvalue weighted by Gasteiger charge is 2.19. The molecule has 2 aromatic heterocycles. The van der Waals surface area contributed by atoms with Crippen molar-refractivity contribution in [1.82, 2.24) is 23.6 Å². The first-order chi connectivity index (χ1) is 11.0. The molecule has 0 bridgehead atoms. The number of hydrogen-bond donors (Lipinski definition) is 1. The number of nitrogens with zero attached hydrogens (tertiary/aromatic N) is 5. The molecule has 0 spiro atoms. The Morgan fingerprint density at radius 1 is 1.21 bits per heavy atom. The zero-order valence-corrected chi connectivity index (χ0v) is 14.5. The van der Waals surface area contributed by atoms with E-state index in [-0.39, 0.29) is 19.0 Å². The van der Waals surface area contributed by atoms with Gasteiger partial charge in [0.25, 0.3) is 5.56 Å². The summed E-state index contributed by atoms with van der Waals surface area (Å²) in [6.45, 7) is 3.68. The summed E-state index contributed by atoms with van der Waals surface area (Å²) in [6.07, 6.45) is 0.862. The number of fused-ring (bicyclic) bond motifs is 1. The second-order valence-corrected chi connectivity index (χ2v) is 5.84. The van der Waals surface area contributed by atoms with E-state index in [0.29, 0.717) is 30.9 Å². The van der Waals surface area contributed by atoms with Gasteiger partial charge >= 0.3 is 5.69 Å². The van der Waals surface area contributed by atoms with Crippen LogP contribution in [-0.2, 0) is 25.4 Å². The number of ether oxygens (including phenoxy) is 1. The SMILES string of the molecule is Cl.Cn1c(=O)c2c(ncn2CC(O)CN2CCOCC2)n(C)c1=O. The molecule has 3 heterocycles. The lowest BCUT2D eigenvalue weighted by molar-refractivity contribution is 0.0117. The number of aryl methyl sites for hydroxylation is 1. The smallest absolute Gasteiger partial charge is 0.332 e. The van der Waals surface area contributed by atoms with Crippen molar-refractivity contribution in [2.45, 2.75) is 12.6 Å². The molecule has 10 heteroatoms. The van der Waals surface area contributed by atoms with Gasteiger partial charge in [0.15, 0.2) is 11.2 Å². The van der Waals surface area contributed by atoms with E-state index < -0.39 is 17.4 Å². The molecule has 1 atom stereocenters. The number of morpholine rings is 1. The van der Waals surface area contributed by atoms with Crippen LogP contribution >= 0.6 is 12.4 Å². The highest BCUT2D eigenvalue weighted by Crippen LogP contribution is 2.07. The summed E-state index contributed by atoms with van der Waals surface area (Å²) in [4.78, 5) is 30.5. The van der Waals surface area contributed by atoms with E-state index in [1.54, 1.807) is 11.6 Å². The van der Waals surface area contributed by atoms with Crippen LogP contribution < -0.4 is 11.2 Å². The summed E-state index contributed by atoms with van der Waals surface area (Å²) in [5.41, 5.74) is -0.159. The van der Waals surface area contributed by atoms with E-state index in [1.807, 2.05) is 0 Å². The van der Waals surface area contributed by atoms with Crippen LogP contribution in [0.4, 0.5) is 0 Å². The molecule has 1 fully saturated rings. The maximum Gasteiger partial charge on any atom is 0.332 e. The maximum absolute atomic E-state index is 12.3. The second kappa shape index (κ2) is 7.47. The van der Waals surface area contributed by atoms with E-state index in [4.69, 9.17) is 4.74 Å². The highest BCUT2D eigenvalue weighted by molar-refractivity contribution is 5.85. The standard InChI is InChI=1S/C14H21N5O4.ClH/c1-16-12-11(13(21)17(2)14(16)22)19(9-15-12)8-10(20)7-18-3-5-23-6-4-18;/h9-10,20H,3-8H2,1-2H3;1H. The molecule has 1 aliphatic heterocycles. The molecule has 1 saturated heterocycles. The Labute approximate surface area is 144 Å². The molecule has 0 radical (unpaired) electrons. The lowest BCUT2D eigenvalue weighted by Gasteiger charge is -2.28. The van der Waals surface area contributed by atoms with Gasteiger partial charge in [0, 0.05) is 33.7 Å². The summed E-state index contributed by atoms with van der Waals surface area (Å²) < 4.78 is 9.28. The number of aliphatic hydroxyl groups is 1. The molecular weight excluding hydrogens is 338 g/mol. The van der Waals surface area contributed by atoms with E-state index >= 15 is 0 Å². The minimum Gasteiger partial charge on any atom is -0.390 e. The lowest BCUT2D eigenvalue weighted by Crippen LogP contribution is -2.42. The number of aliphatic hydroxyl groups excluding tert-OH is 1. The van der Waals surface area contributed by atoms with Crippen LogP contribution in [0.15, 0.2) is 15.9 Å². The molecule has 1 N–H and O–H groups in total. The summed E-state index contributed by atoms with van der Waals surface area (Å²) >= 11 is 0. The first-order valence-corrected chi connectivity index (χ1v) is 7.58. The van der Waals surface area contributed by atoms with Crippen LogP contribution in [-0.4, -0.2) is 67.6 Å². The predicted octanol–water partition coefficient (Wildman–Crippen LogP) is -1.45. The Bertz CT molecular complexity index is 821. The third-order valence-electron chi connectivity index (χ3n) is 4.20. The van der Waals surface area contributed by atoms with Gasteiger partial charge in [-0.3, -0.25) is 18.8 Å². The summed E-state index contributed by atoms with van der Waals surface area (Å²) in [5, 5.41) is 10.3. The van der Waals surface area contributed by atoms with Gasteiger partial charge in [0.1, 0.15) is 0 Å². The molecule has 2 aromatic rings. The van der Waals surface area contributed by atoms with Crippen molar-refractivity contribution >= 4 is 23.6 Å². The van der Waals surface area contributed by atoms with E-state index in [9.17, 15) is 14.7 Å². The summed E-state index contributed by atoms with van der Waals surface area (Å²) in [7, 11) is 3.01. The largest absolute Gasteiger partial charge is 0.390 e. The van der Waals surface area contributed by atoms with E-state index in [2.05, 4.69) is 9.88 Å². The fraction of sp³-hybridized carbons (Fsp3) is 0.643. The molecule has 0 saturated carbocycles. The average molecular weight is 360 g/mol. The van der Waals surface area contributed by atoms with Crippen LogP contribution in [0.25, 0.3) is 11.2 Å². The molecule has 9 nitrogen and oxygen atoms in total. The van der Waals surface area contributed by atoms with Gasteiger partial charge in [-0.15, -0.1) is 12.4 Å². The molecule has 24 heavy (non-hydrogen) atoms. The number of halogens is 1. The second-order valence-electron chi connectivity index (χ2n) is 5.84. The molecule has 0 amide bonds. The monoisotopic (exact) mass is 359 g/mol. The van der Waals surface area contributed by atoms with Gasteiger partial charge in [-0.1, -0.05) is 0 Å². The Kier molecular flexibility index (Phi) is 5.81. The third kappa shape index (κ3) is 3.39. The van der Waals surface area contributed by atoms with Gasteiger partial charge in [-0.05, 0) is 0 Å². The van der Waals surface area contributed by atoms with Crippen LogP contribution in [0.3, 0.4) is 0 Å². The topological polar surface area (TPSA) is 94.5 Å². The summed E-state index contributed by atoms with van der Waals surface area (Å²) in [6, 6.07) is 0. The summed E-state index contributed by atoms with van der Waals surface area (Å²) in [5.74, 6) is 0. The third-order valence-corrected chi connectivity index (χ3v) is 4.20. The fourth-order valence-electron chi connectivity index (χ4n) is 2.90. The Balaban J connectivity index is 0.00000208. The first-order valence-electron chi connectivity index (χ1n) is 7.58. The Morgan fingerprint density at radius 2 is 1.88 bits per heavy atom. The zero-order valence-electron chi connectivity index (χ0n) is 13.7. The quantitative estimate of drug-likeness (QED) is 0.717. The minimum absolute atomic E-state index is 0. The number of rotatable bonds is 4. The van der Waals surface area contributed by atoms with Crippen molar-refractivity contribution in [3.63, 3.8) is 0 Å². The van der Waals surface area contributed by atoms with Crippen molar-refractivity contribution in [3.05, 3.63) is 27.2 Å². The van der Waals surface area contributed by atoms with Gasteiger partial charge < -0.3 is 14.4 Å². The van der Waals surface area contributed by atoms with Crippen molar-refractivity contribution in [2.24, 2.45) is 14.1 Å². The molecular formula is C14H22ClN5O4. The molecule has 1 aliphatic rings. The minimum atomic E-state index is -0.632. The van der Waals surface area contributed by atoms with Crippen LogP contribution in [0.5, 0.6) is 0 Å². The van der Waals surface area contributed by atoms with Crippen molar-refractivity contribution in [3.8, 4) is 0 Å². The zero-order chi connectivity index (χ0) is 16.6. The lowest BCUT2D eigenvalue weighted by atomic mass is 10.3. The molecule has 3 rings (SSSR count). The first kappa shape index (κ1) is 18.7. The van der Waals surface area contributed by atoms with E-state index in [1.165, 1.54) is 17.9 Å². The van der Waals surface area contributed by atoms with Crippen LogP contribution in [0.1, 0.15) is 0 Å². The molecule has 1 unspecified atom stereocenters. The van der Waals surface area contributed by atoms with Crippen molar-refractivity contribution < 1.29 is 9.84 Å². The van der Waals surface area contributed by atoms with E-state index in [0.717, 1.165) is 17.7 Å². The fourth-order valence-corrected chi connectivity index (χ4v) is 2.90. The van der Waals surface area contributed by atoms with Gasteiger partial charge in [-0.25, -0.2) is 9.78 Å². The van der Waals surface area contributed by atoms with Crippen molar-refractivity contribution in [2.75, 3.05) is 32.8 Å². The Morgan fingerprint density at radius 3 is 2.54 bits per heavy atom. The number of imidazole rings is 1. The van der Waals surface area contributed by atoms with Crippen molar-refractivity contribution in [1.29, 1.82) is 0 Å². The number of hydrogen-bond acceptors (Lipinski definition) is 6. The number of β-amino-alcohol motifs (C(OH)–C–C–N with tert-alkyl or cyclic N) is 1. The molecule has 0 aromatic carbocycles. The van der Waals surface area contributed by atoms with Gasteiger partial charge in [-0.2, -0.15) is 0 Å².